The average Bonchev–Trinajstić information content (AvgIpc) is 3.31. The van der Waals surface area contributed by atoms with E-state index in [1.165, 1.54) is 0 Å². The van der Waals surface area contributed by atoms with Crippen molar-refractivity contribution in [2.24, 2.45) is 5.92 Å². The van der Waals surface area contributed by atoms with E-state index in [-0.39, 0.29) is 42.9 Å². The van der Waals surface area contributed by atoms with E-state index in [1.807, 2.05) is 25.1 Å². The molecule has 8 nitrogen and oxygen atoms in total. The number of halogens is 1. The maximum Gasteiger partial charge on any atom is 0.248 e. The Morgan fingerprint density at radius 3 is 2.80 bits per heavy atom. The Balaban J connectivity index is 1.61. The highest BCUT2D eigenvalue weighted by molar-refractivity contribution is 6.72. The first kappa shape index (κ1) is 26.1. The molecule has 2 amide bonds. The smallest absolute Gasteiger partial charge is 0.248 e. The van der Waals surface area contributed by atoms with Gasteiger partial charge >= 0.3 is 0 Å². The van der Waals surface area contributed by atoms with Crippen LogP contribution in [0, 0.1) is 5.92 Å². The normalized spacial score (nSPS) is 28.0. The Hall–Kier alpha value is -2.01. The predicted molar refractivity (Wildman–Crippen MR) is 134 cm³/mol. The Morgan fingerprint density at radius 1 is 1.37 bits per heavy atom. The number of benzene rings is 1. The van der Waals surface area contributed by atoms with Gasteiger partial charge in [-0.2, -0.15) is 0 Å². The molecule has 10 heteroatoms. The molecule has 2 N–H and O–H groups in total. The third kappa shape index (κ3) is 5.25. The number of nitrogens with zero attached hydrogens (tertiary/aromatic N) is 2. The largest absolute Gasteiger partial charge is 0.490 e. The van der Waals surface area contributed by atoms with Crippen LogP contribution in [0.5, 0.6) is 5.75 Å². The zero-order chi connectivity index (χ0) is 25.3. The van der Waals surface area contributed by atoms with Gasteiger partial charge in [0, 0.05) is 55.9 Å². The van der Waals surface area contributed by atoms with E-state index in [9.17, 15) is 14.7 Å². The SMILES string of the molecule is CO[C@H]1c2cc(N3CCNCC3=O)ccc2O[C@@H](C(CC(=O)N2CCC[C@H]2CO)[Si](C)(C)F)[C@@H]1C. The summed E-state index contributed by atoms with van der Waals surface area (Å²) in [5.74, 6) is 0.304. The zero-order valence-electron chi connectivity index (χ0n) is 21.1. The molecule has 4 rings (SSSR count). The van der Waals surface area contributed by atoms with Crippen LogP contribution < -0.4 is 15.0 Å². The van der Waals surface area contributed by atoms with E-state index in [0.717, 1.165) is 30.6 Å². The number of methoxy groups -OCH3 is 1. The summed E-state index contributed by atoms with van der Waals surface area (Å²) in [4.78, 5) is 29.1. The van der Waals surface area contributed by atoms with Gasteiger partial charge in [-0.05, 0) is 44.1 Å². The number of likely N-dealkylation sites (tertiary alicyclic amines) is 1. The van der Waals surface area contributed by atoms with Crippen molar-refractivity contribution in [3.05, 3.63) is 23.8 Å². The van der Waals surface area contributed by atoms with Crippen molar-refractivity contribution >= 4 is 25.9 Å². The number of aliphatic hydroxyl groups is 1. The van der Waals surface area contributed by atoms with E-state index in [2.05, 4.69) is 5.32 Å². The predicted octanol–water partition coefficient (Wildman–Crippen LogP) is 2.63. The minimum absolute atomic E-state index is 0.0136. The molecule has 0 spiro atoms. The standard InChI is InChI=1S/C25H38FN3O5Si/c1-16-24(33-2)19-12-17(29-11-9-27-14-23(29)32)7-8-20(19)34-25(16)21(35(3,4)26)13-22(31)28-10-5-6-18(28)15-30/h7-8,12,16,18,21,24-25,27,30H,5-6,9-11,13-15H2,1-4H3/t16-,18+,21?,24-,25-/m1/s1. The maximum atomic E-state index is 15.7. The number of anilines is 1. The van der Waals surface area contributed by atoms with Crippen LogP contribution in [0.1, 0.15) is 37.9 Å². The highest BCUT2D eigenvalue weighted by atomic mass is 28.4. The van der Waals surface area contributed by atoms with Crippen molar-refractivity contribution in [1.82, 2.24) is 10.2 Å². The second-order valence-corrected chi connectivity index (χ2v) is 14.4. The van der Waals surface area contributed by atoms with Crippen LogP contribution >= 0.6 is 0 Å². The fourth-order valence-electron chi connectivity index (χ4n) is 5.82. The van der Waals surface area contributed by atoms with Crippen LogP contribution in [0.15, 0.2) is 18.2 Å². The molecule has 1 aromatic rings. The number of aliphatic hydroxyl groups excluding tert-OH is 1. The number of nitrogens with one attached hydrogen (secondary N) is 1. The molecule has 1 unspecified atom stereocenters. The third-order valence-corrected chi connectivity index (χ3v) is 10.1. The van der Waals surface area contributed by atoms with Crippen LogP contribution in [-0.2, 0) is 14.3 Å². The molecule has 3 heterocycles. The highest BCUT2D eigenvalue weighted by Crippen LogP contribution is 2.48. The number of hydrogen-bond acceptors (Lipinski definition) is 6. The van der Waals surface area contributed by atoms with Crippen molar-refractivity contribution in [2.45, 2.75) is 63.1 Å². The lowest BCUT2D eigenvalue weighted by Crippen LogP contribution is -2.49. The summed E-state index contributed by atoms with van der Waals surface area (Å²) in [6, 6.07) is 5.44. The van der Waals surface area contributed by atoms with Gasteiger partial charge in [0.15, 0.2) is 0 Å². The van der Waals surface area contributed by atoms with Crippen LogP contribution in [0.2, 0.25) is 18.6 Å². The number of ether oxygens (including phenoxy) is 2. The minimum atomic E-state index is -3.32. The van der Waals surface area contributed by atoms with Gasteiger partial charge in [0.1, 0.15) is 11.9 Å². The summed E-state index contributed by atoms with van der Waals surface area (Å²) in [6.07, 6.45) is 0.806. The lowest BCUT2D eigenvalue weighted by atomic mass is 9.86. The zero-order valence-corrected chi connectivity index (χ0v) is 22.1. The summed E-state index contributed by atoms with van der Waals surface area (Å²) < 4.78 is 28.1. The Bertz CT molecular complexity index is 942. The first-order valence-electron chi connectivity index (χ1n) is 12.6. The number of hydrogen-bond donors (Lipinski definition) is 2. The molecular weight excluding hydrogens is 469 g/mol. The molecule has 3 aliphatic heterocycles. The first-order chi connectivity index (χ1) is 16.7. The van der Waals surface area contributed by atoms with Gasteiger partial charge < -0.3 is 33.8 Å². The minimum Gasteiger partial charge on any atom is -0.490 e. The van der Waals surface area contributed by atoms with E-state index < -0.39 is 20.1 Å². The molecule has 1 aromatic carbocycles. The number of rotatable bonds is 7. The van der Waals surface area contributed by atoms with Gasteiger partial charge in [0.25, 0.3) is 0 Å². The van der Waals surface area contributed by atoms with Gasteiger partial charge in [-0.1, -0.05) is 6.92 Å². The summed E-state index contributed by atoms with van der Waals surface area (Å²) in [5, 5.41) is 12.7. The van der Waals surface area contributed by atoms with E-state index in [0.29, 0.717) is 25.4 Å². The number of fused-ring (bicyclic) bond motifs is 1. The lowest BCUT2D eigenvalue weighted by molar-refractivity contribution is -0.133. The third-order valence-electron chi connectivity index (χ3n) is 7.79. The molecule has 5 atom stereocenters. The maximum absolute atomic E-state index is 15.7. The monoisotopic (exact) mass is 507 g/mol. The second-order valence-electron chi connectivity index (χ2n) is 10.5. The molecule has 0 aliphatic carbocycles. The molecular formula is C25H38FN3O5Si. The van der Waals surface area contributed by atoms with Gasteiger partial charge in [-0.25, -0.2) is 0 Å². The molecule has 0 bridgehead atoms. The summed E-state index contributed by atoms with van der Waals surface area (Å²) in [7, 11) is -1.69. The van der Waals surface area contributed by atoms with Crippen molar-refractivity contribution in [3.8, 4) is 5.75 Å². The molecule has 0 aromatic heterocycles. The van der Waals surface area contributed by atoms with Crippen molar-refractivity contribution in [1.29, 1.82) is 0 Å². The molecule has 0 radical (unpaired) electrons. The quantitative estimate of drug-likeness (QED) is 0.436. The molecule has 2 saturated heterocycles. The van der Waals surface area contributed by atoms with Crippen LogP contribution in [0.3, 0.4) is 0 Å². The second kappa shape index (κ2) is 10.5. The van der Waals surface area contributed by atoms with Gasteiger partial charge in [0.2, 0.25) is 20.2 Å². The van der Waals surface area contributed by atoms with Crippen molar-refractivity contribution < 1.29 is 28.3 Å². The van der Waals surface area contributed by atoms with Crippen LogP contribution in [0.25, 0.3) is 0 Å². The van der Waals surface area contributed by atoms with Gasteiger partial charge in [-0.3, -0.25) is 9.59 Å². The number of carbonyl (C=O) groups excluding carboxylic acids is 2. The lowest BCUT2D eigenvalue weighted by Gasteiger charge is -2.43. The van der Waals surface area contributed by atoms with Crippen molar-refractivity contribution in [3.63, 3.8) is 0 Å². The molecule has 194 valence electrons. The molecule has 3 aliphatic rings. The summed E-state index contributed by atoms with van der Waals surface area (Å²) in [5.41, 5.74) is 1.07. The van der Waals surface area contributed by atoms with Gasteiger partial charge in [0.05, 0.1) is 25.3 Å². The fourth-order valence-corrected chi connectivity index (χ4v) is 7.63. The highest BCUT2D eigenvalue weighted by Gasteiger charge is 2.49. The van der Waals surface area contributed by atoms with E-state index in [1.54, 1.807) is 30.0 Å². The fraction of sp³-hybridized carbons (Fsp3) is 0.680. The first-order valence-corrected chi connectivity index (χ1v) is 15.5. The summed E-state index contributed by atoms with van der Waals surface area (Å²) in [6.45, 7) is 7.39. The Labute approximate surface area is 207 Å². The van der Waals surface area contributed by atoms with E-state index >= 15 is 4.11 Å². The van der Waals surface area contributed by atoms with Crippen LogP contribution in [-0.4, -0.2) is 82.3 Å². The number of carbonyl (C=O) groups is 2. The Kier molecular flexibility index (Phi) is 7.85. The van der Waals surface area contributed by atoms with E-state index in [4.69, 9.17) is 9.47 Å². The number of amides is 2. The molecule has 0 saturated carbocycles. The van der Waals surface area contributed by atoms with Crippen molar-refractivity contribution in [2.75, 3.05) is 44.8 Å². The number of piperazine rings is 1. The topological polar surface area (TPSA) is 91.3 Å². The average molecular weight is 508 g/mol. The van der Waals surface area contributed by atoms with Gasteiger partial charge in [-0.15, -0.1) is 0 Å². The summed E-state index contributed by atoms with van der Waals surface area (Å²) >= 11 is 0. The molecule has 2 fully saturated rings. The Morgan fingerprint density at radius 2 is 2.14 bits per heavy atom. The van der Waals surface area contributed by atoms with Crippen LogP contribution in [0.4, 0.5) is 9.80 Å². The molecule has 35 heavy (non-hydrogen) atoms.